The van der Waals surface area contributed by atoms with E-state index in [-0.39, 0.29) is 6.17 Å². The molecule has 1 saturated carbocycles. The largest absolute Gasteiger partial charge is 0.341 e. The van der Waals surface area contributed by atoms with E-state index in [0.29, 0.717) is 65.7 Å². The van der Waals surface area contributed by atoms with Crippen LogP contribution in [0.5, 0.6) is 0 Å². The van der Waals surface area contributed by atoms with Crippen molar-refractivity contribution in [3.05, 3.63) is 101 Å². The van der Waals surface area contributed by atoms with Crippen LogP contribution < -0.4 is 15.5 Å². The van der Waals surface area contributed by atoms with Crippen LogP contribution in [0, 0.1) is 41.4 Å². The summed E-state index contributed by atoms with van der Waals surface area (Å²) < 4.78 is 0. The average molecular weight is 671 g/mol. The fourth-order valence-corrected chi connectivity index (χ4v) is 12.0. The van der Waals surface area contributed by atoms with E-state index in [4.69, 9.17) is 0 Å². The number of benzene rings is 1. The van der Waals surface area contributed by atoms with Crippen molar-refractivity contribution in [1.29, 1.82) is 0 Å². The standard InChI is InChI=1S/C46H62N4/c1-29-11-9-17-36(27-29)44-47-45(49(4)46(48-44)38-18-8-5-12-30(38)2)34-19-23-37(24-20-34)50-41-28-35(32-14-6-7-15-32)22-25-39(41)40-26-21-33-16-10-13-31(3)42(33)43(40)50/h6-7,9-11,16,19,21-23,25-26,28-33,36,38,40,42-48H,5,8,12-15,17-18,20,24,27H2,1-4H3. The van der Waals surface area contributed by atoms with E-state index in [2.05, 4.69) is 127 Å². The molecule has 4 nitrogen and oxygen atoms in total. The van der Waals surface area contributed by atoms with Crippen LogP contribution in [0.2, 0.25) is 0 Å². The number of anilines is 1. The molecule has 0 amide bonds. The van der Waals surface area contributed by atoms with Gasteiger partial charge >= 0.3 is 0 Å². The number of rotatable bonds is 5. The van der Waals surface area contributed by atoms with Gasteiger partial charge in [-0.2, -0.15) is 0 Å². The van der Waals surface area contributed by atoms with Crippen LogP contribution in [-0.4, -0.2) is 36.5 Å². The second-order valence-electron chi connectivity index (χ2n) is 17.8. The van der Waals surface area contributed by atoms with Crippen molar-refractivity contribution >= 4 is 5.69 Å². The van der Waals surface area contributed by atoms with Gasteiger partial charge < -0.3 is 4.90 Å². The highest BCUT2D eigenvalue weighted by atomic mass is 15.4. The lowest BCUT2D eigenvalue weighted by Gasteiger charge is -2.53. The molecule has 6 aliphatic carbocycles. The third-order valence-corrected chi connectivity index (χ3v) is 14.7. The summed E-state index contributed by atoms with van der Waals surface area (Å²) in [6.07, 6.45) is 39.7. The Bertz CT molecular complexity index is 1600. The Morgan fingerprint density at radius 3 is 2.42 bits per heavy atom. The lowest BCUT2D eigenvalue weighted by atomic mass is 9.66. The summed E-state index contributed by atoms with van der Waals surface area (Å²) in [6, 6.07) is 8.09. The summed E-state index contributed by atoms with van der Waals surface area (Å²) in [5.74, 6) is 5.79. The van der Waals surface area contributed by atoms with E-state index in [1.807, 2.05) is 0 Å². The first-order valence-electron chi connectivity index (χ1n) is 20.7. The van der Waals surface area contributed by atoms with E-state index in [0.717, 1.165) is 18.8 Å². The first kappa shape index (κ1) is 33.2. The van der Waals surface area contributed by atoms with Crippen LogP contribution in [-0.2, 0) is 0 Å². The van der Waals surface area contributed by atoms with Crippen LogP contribution in [0.3, 0.4) is 0 Å². The van der Waals surface area contributed by atoms with Gasteiger partial charge in [-0.1, -0.05) is 107 Å². The first-order chi connectivity index (χ1) is 24.4. The fraction of sp³-hybridized carbons (Fsp3) is 0.609. The maximum absolute atomic E-state index is 4.23. The summed E-state index contributed by atoms with van der Waals surface area (Å²) in [6.45, 7) is 7.44. The zero-order valence-corrected chi connectivity index (χ0v) is 31.2. The van der Waals surface area contributed by atoms with Gasteiger partial charge in [0.15, 0.2) is 0 Å². The van der Waals surface area contributed by atoms with Crippen LogP contribution in [0.15, 0.2) is 90.2 Å². The number of nitrogens with zero attached hydrogens (tertiary/aromatic N) is 2. The molecular formula is C46H62N4. The molecule has 2 heterocycles. The van der Waals surface area contributed by atoms with E-state index < -0.39 is 0 Å². The van der Waals surface area contributed by atoms with Gasteiger partial charge in [0, 0.05) is 23.3 Å². The quantitative estimate of drug-likeness (QED) is 0.306. The Morgan fingerprint density at radius 1 is 0.780 bits per heavy atom. The van der Waals surface area contributed by atoms with Crippen molar-refractivity contribution in [2.24, 2.45) is 41.4 Å². The molecule has 2 fully saturated rings. The SMILES string of the molecule is CC1C=CCC(C2NC(C3=CC=C(N4c5cc(C6CC=CC6)ccc5C5C=CC6C=CCC(C)C6C54)CC3)N(C)C(C3CCCCC3C)N2)C1. The second kappa shape index (κ2) is 13.7. The topological polar surface area (TPSA) is 30.5 Å². The molecule has 266 valence electrons. The second-order valence-corrected chi connectivity index (χ2v) is 17.8. The molecule has 0 aromatic heterocycles. The van der Waals surface area contributed by atoms with Gasteiger partial charge in [-0.25, -0.2) is 0 Å². The molecule has 12 unspecified atom stereocenters. The third-order valence-electron chi connectivity index (χ3n) is 14.7. The molecule has 1 aromatic carbocycles. The van der Waals surface area contributed by atoms with E-state index in [9.17, 15) is 0 Å². The van der Waals surface area contributed by atoms with Crippen molar-refractivity contribution in [2.75, 3.05) is 11.9 Å². The first-order valence-corrected chi connectivity index (χ1v) is 20.7. The molecule has 0 radical (unpaired) electrons. The summed E-state index contributed by atoms with van der Waals surface area (Å²) in [7, 11) is 2.41. The minimum absolute atomic E-state index is 0.282. The van der Waals surface area contributed by atoms with Crippen molar-refractivity contribution in [2.45, 2.75) is 128 Å². The van der Waals surface area contributed by atoms with E-state index in [1.165, 1.54) is 74.7 Å². The number of fused-ring (bicyclic) bond motifs is 5. The average Bonchev–Trinajstić information content (AvgIpc) is 3.79. The fourth-order valence-electron chi connectivity index (χ4n) is 12.0. The van der Waals surface area contributed by atoms with Crippen LogP contribution in [0.25, 0.3) is 0 Å². The molecule has 12 atom stereocenters. The molecule has 50 heavy (non-hydrogen) atoms. The van der Waals surface area contributed by atoms with Crippen molar-refractivity contribution in [3.8, 4) is 0 Å². The number of allylic oxidation sites excluding steroid dienone is 10. The van der Waals surface area contributed by atoms with Gasteiger partial charge in [-0.05, 0) is 135 Å². The molecule has 0 spiro atoms. The number of hydrogen-bond acceptors (Lipinski definition) is 4. The summed E-state index contributed by atoms with van der Waals surface area (Å²) >= 11 is 0. The molecule has 9 rings (SSSR count). The van der Waals surface area contributed by atoms with Crippen molar-refractivity contribution < 1.29 is 0 Å². The highest BCUT2D eigenvalue weighted by molar-refractivity contribution is 5.70. The Balaban J connectivity index is 1.06. The summed E-state index contributed by atoms with van der Waals surface area (Å²) in [4.78, 5) is 5.58. The molecule has 8 aliphatic rings. The zero-order chi connectivity index (χ0) is 33.9. The summed E-state index contributed by atoms with van der Waals surface area (Å²) in [5.41, 5.74) is 7.70. The van der Waals surface area contributed by atoms with Crippen molar-refractivity contribution in [1.82, 2.24) is 15.5 Å². The molecule has 2 N–H and O–H groups in total. The molecular weight excluding hydrogens is 609 g/mol. The Hall–Kier alpha value is -2.66. The third kappa shape index (κ3) is 5.86. The smallest absolute Gasteiger partial charge is 0.0844 e. The van der Waals surface area contributed by atoms with E-state index in [1.54, 1.807) is 11.1 Å². The molecule has 1 aromatic rings. The number of likely N-dealkylation sites (N-methyl/N-ethyl adjacent to an activating group) is 1. The Kier molecular flexibility index (Phi) is 9.11. The van der Waals surface area contributed by atoms with Crippen LogP contribution in [0.4, 0.5) is 5.69 Å². The van der Waals surface area contributed by atoms with Gasteiger partial charge in [-0.15, -0.1) is 0 Å². The molecule has 2 aliphatic heterocycles. The normalized spacial score (nSPS) is 41.5. The molecule has 1 saturated heterocycles. The van der Waals surface area contributed by atoms with Gasteiger partial charge in [0.05, 0.1) is 18.5 Å². The van der Waals surface area contributed by atoms with Gasteiger partial charge in [0.1, 0.15) is 0 Å². The summed E-state index contributed by atoms with van der Waals surface area (Å²) in [5, 5.41) is 8.45. The highest BCUT2D eigenvalue weighted by Gasteiger charge is 2.50. The minimum Gasteiger partial charge on any atom is -0.341 e. The predicted octanol–water partition coefficient (Wildman–Crippen LogP) is 9.93. The zero-order valence-electron chi connectivity index (χ0n) is 31.2. The highest BCUT2D eigenvalue weighted by Crippen LogP contribution is 2.55. The Morgan fingerprint density at radius 2 is 1.62 bits per heavy atom. The van der Waals surface area contributed by atoms with Crippen LogP contribution in [0.1, 0.15) is 114 Å². The molecule has 4 heteroatoms. The Labute approximate surface area is 302 Å². The van der Waals surface area contributed by atoms with Crippen molar-refractivity contribution in [3.63, 3.8) is 0 Å². The lowest BCUT2D eigenvalue weighted by Crippen LogP contribution is -2.71. The maximum Gasteiger partial charge on any atom is 0.0844 e. The maximum atomic E-state index is 4.23. The lowest BCUT2D eigenvalue weighted by molar-refractivity contribution is -0.0173. The van der Waals surface area contributed by atoms with Gasteiger partial charge in [0.25, 0.3) is 0 Å². The molecule has 0 bridgehead atoms. The van der Waals surface area contributed by atoms with E-state index >= 15 is 0 Å². The number of hydrogen-bond donors (Lipinski definition) is 2. The van der Waals surface area contributed by atoms with Crippen LogP contribution >= 0.6 is 0 Å². The van der Waals surface area contributed by atoms with Gasteiger partial charge in [0.2, 0.25) is 0 Å². The van der Waals surface area contributed by atoms with Gasteiger partial charge in [-0.3, -0.25) is 15.5 Å². The minimum atomic E-state index is 0.282. The monoisotopic (exact) mass is 670 g/mol. The predicted molar refractivity (Wildman–Crippen MR) is 209 cm³/mol. The number of nitrogens with one attached hydrogen (secondary N) is 2.